The topological polar surface area (TPSA) is 98.1 Å². The molecule has 1 atom stereocenters. The first-order valence-electron chi connectivity index (χ1n) is 5.04. The van der Waals surface area contributed by atoms with Crippen molar-refractivity contribution in [3.05, 3.63) is 30.0 Å². The molecule has 0 aliphatic heterocycles. The van der Waals surface area contributed by atoms with Gasteiger partial charge in [-0.15, -0.1) is 0 Å². The average molecular weight is 238 g/mol. The van der Waals surface area contributed by atoms with Crippen molar-refractivity contribution in [2.75, 3.05) is 6.54 Å². The van der Waals surface area contributed by atoms with Crippen LogP contribution >= 0.6 is 0 Å². The number of hydrogen-bond donors (Lipinski definition) is 2. The molecule has 90 valence electrons. The van der Waals surface area contributed by atoms with E-state index in [1.165, 1.54) is 12.1 Å². The molecule has 0 fully saturated rings. The van der Waals surface area contributed by atoms with E-state index in [0.717, 1.165) is 6.20 Å². The second-order valence-electron chi connectivity index (χ2n) is 3.41. The van der Waals surface area contributed by atoms with Crippen LogP contribution in [0.1, 0.15) is 18.4 Å². The molecule has 2 aromatic rings. The number of aliphatic hydroxyl groups is 1. The van der Waals surface area contributed by atoms with Crippen molar-refractivity contribution < 1.29 is 14.0 Å². The molecule has 0 aliphatic rings. The van der Waals surface area contributed by atoms with E-state index in [1.54, 1.807) is 0 Å². The predicted molar refractivity (Wildman–Crippen MR) is 56.1 cm³/mol. The van der Waals surface area contributed by atoms with Gasteiger partial charge in [0.25, 0.3) is 5.89 Å². The molecule has 0 saturated carbocycles. The highest BCUT2D eigenvalue weighted by Gasteiger charge is 2.16. The van der Waals surface area contributed by atoms with Crippen molar-refractivity contribution in [3.63, 3.8) is 0 Å². The first-order chi connectivity index (χ1) is 8.20. The molecule has 7 heteroatoms. The van der Waals surface area contributed by atoms with Crippen LogP contribution in [0.3, 0.4) is 0 Å². The van der Waals surface area contributed by atoms with Crippen molar-refractivity contribution in [2.24, 2.45) is 5.73 Å². The van der Waals surface area contributed by atoms with Gasteiger partial charge in [0.1, 0.15) is 17.6 Å². The highest BCUT2D eigenvalue weighted by molar-refractivity contribution is 5.47. The lowest BCUT2D eigenvalue weighted by Crippen LogP contribution is -2.06. The Bertz CT molecular complexity index is 485. The third-order valence-electron chi connectivity index (χ3n) is 2.12. The molecule has 2 rings (SSSR count). The average Bonchev–Trinajstić information content (AvgIpc) is 2.80. The molecule has 6 nitrogen and oxygen atoms in total. The minimum Gasteiger partial charge on any atom is -0.383 e. The summed E-state index contributed by atoms with van der Waals surface area (Å²) in [5.74, 6) is -0.159. The van der Waals surface area contributed by atoms with E-state index in [-0.39, 0.29) is 11.7 Å². The number of aliphatic hydroxyl groups excluding tert-OH is 1. The highest BCUT2D eigenvalue weighted by Crippen LogP contribution is 2.18. The van der Waals surface area contributed by atoms with Crippen LogP contribution in [0.5, 0.6) is 0 Å². The summed E-state index contributed by atoms with van der Waals surface area (Å²) in [7, 11) is 0. The molecule has 0 radical (unpaired) electrons. The highest BCUT2D eigenvalue weighted by atomic mass is 19.1. The molecule has 0 aromatic carbocycles. The molecule has 0 saturated heterocycles. The molecular weight excluding hydrogens is 227 g/mol. The van der Waals surface area contributed by atoms with Crippen LogP contribution < -0.4 is 5.73 Å². The molecule has 2 aromatic heterocycles. The van der Waals surface area contributed by atoms with Gasteiger partial charge < -0.3 is 15.4 Å². The van der Waals surface area contributed by atoms with Crippen molar-refractivity contribution in [3.8, 4) is 11.5 Å². The van der Waals surface area contributed by atoms with Crippen LogP contribution in [0.4, 0.5) is 4.39 Å². The summed E-state index contributed by atoms with van der Waals surface area (Å²) in [6, 6.07) is 2.67. The maximum Gasteiger partial charge on any atom is 0.255 e. The summed E-state index contributed by atoms with van der Waals surface area (Å²) in [5.41, 5.74) is 5.67. The zero-order valence-electron chi connectivity index (χ0n) is 8.88. The van der Waals surface area contributed by atoms with E-state index in [1.807, 2.05) is 0 Å². The normalized spacial score (nSPS) is 12.6. The second-order valence-corrected chi connectivity index (χ2v) is 3.41. The molecule has 0 unspecified atom stereocenters. The van der Waals surface area contributed by atoms with Gasteiger partial charge in [-0.3, -0.25) is 0 Å². The summed E-state index contributed by atoms with van der Waals surface area (Å²) in [6.45, 7) is 0.313. The minimum absolute atomic E-state index is 0.0802. The molecular formula is C10H11FN4O2. The van der Waals surface area contributed by atoms with Gasteiger partial charge in [-0.25, -0.2) is 9.37 Å². The molecule has 0 amide bonds. The number of nitrogens with zero attached hydrogens (tertiary/aromatic N) is 3. The van der Waals surface area contributed by atoms with Crippen LogP contribution in [-0.4, -0.2) is 26.8 Å². The van der Waals surface area contributed by atoms with Gasteiger partial charge in [0.2, 0.25) is 5.82 Å². The Kier molecular flexibility index (Phi) is 3.40. The third-order valence-corrected chi connectivity index (χ3v) is 2.12. The smallest absolute Gasteiger partial charge is 0.255 e. The number of aromatic nitrogens is 3. The number of nitrogens with two attached hydrogens (primary N) is 1. The first kappa shape index (κ1) is 11.6. The molecule has 17 heavy (non-hydrogen) atoms. The SMILES string of the molecule is NCC[C@H](O)c1nc(-c2ccc(F)cn2)no1. The molecule has 0 spiro atoms. The quantitative estimate of drug-likeness (QED) is 0.811. The van der Waals surface area contributed by atoms with Crippen molar-refractivity contribution in [1.29, 1.82) is 0 Å². The minimum atomic E-state index is -0.887. The Balaban J connectivity index is 2.20. The van der Waals surface area contributed by atoms with Crippen LogP contribution in [0, 0.1) is 5.82 Å². The van der Waals surface area contributed by atoms with Crippen molar-refractivity contribution in [2.45, 2.75) is 12.5 Å². The van der Waals surface area contributed by atoms with E-state index in [0.29, 0.717) is 18.7 Å². The lowest BCUT2D eigenvalue weighted by Gasteiger charge is -2.00. The Morgan fingerprint density at radius 2 is 2.29 bits per heavy atom. The monoisotopic (exact) mass is 238 g/mol. The zero-order valence-corrected chi connectivity index (χ0v) is 8.88. The zero-order chi connectivity index (χ0) is 12.3. The predicted octanol–water partition coefficient (Wildman–Crippen LogP) is 0.653. The van der Waals surface area contributed by atoms with Gasteiger partial charge in [0.15, 0.2) is 0 Å². The Labute approximate surface area is 96.3 Å². The standard InChI is InChI=1S/C10H11FN4O2/c11-6-1-2-7(13-5-6)9-14-10(17-15-9)8(16)3-4-12/h1-2,5,8,16H,3-4,12H2/t8-/m0/s1. The van der Waals surface area contributed by atoms with E-state index in [4.69, 9.17) is 10.3 Å². The van der Waals surface area contributed by atoms with Gasteiger partial charge in [-0.05, 0) is 25.1 Å². The number of hydrogen-bond acceptors (Lipinski definition) is 6. The van der Waals surface area contributed by atoms with Crippen LogP contribution in [0.25, 0.3) is 11.5 Å². The lowest BCUT2D eigenvalue weighted by atomic mass is 10.2. The molecule has 0 aliphatic carbocycles. The fraction of sp³-hybridized carbons (Fsp3) is 0.300. The van der Waals surface area contributed by atoms with Gasteiger partial charge in [-0.1, -0.05) is 5.16 Å². The molecule has 2 heterocycles. The number of halogens is 1. The lowest BCUT2D eigenvalue weighted by molar-refractivity contribution is 0.127. The maximum absolute atomic E-state index is 12.7. The third kappa shape index (κ3) is 2.63. The largest absolute Gasteiger partial charge is 0.383 e. The van der Waals surface area contributed by atoms with Crippen LogP contribution in [0.2, 0.25) is 0 Å². The van der Waals surface area contributed by atoms with Crippen LogP contribution in [-0.2, 0) is 0 Å². The summed E-state index contributed by atoms with van der Waals surface area (Å²) in [6.07, 6.45) is 0.502. The fourth-order valence-corrected chi connectivity index (χ4v) is 1.26. The number of pyridine rings is 1. The van der Waals surface area contributed by atoms with E-state index in [9.17, 15) is 9.50 Å². The number of rotatable bonds is 4. The van der Waals surface area contributed by atoms with Crippen molar-refractivity contribution in [1.82, 2.24) is 15.1 Å². The van der Waals surface area contributed by atoms with Crippen molar-refractivity contribution >= 4 is 0 Å². The first-order valence-corrected chi connectivity index (χ1v) is 5.04. The van der Waals surface area contributed by atoms with E-state index in [2.05, 4.69) is 15.1 Å². The summed E-state index contributed by atoms with van der Waals surface area (Å²) < 4.78 is 17.5. The summed E-state index contributed by atoms with van der Waals surface area (Å²) in [5, 5.41) is 13.2. The van der Waals surface area contributed by atoms with E-state index >= 15 is 0 Å². The summed E-state index contributed by atoms with van der Waals surface area (Å²) >= 11 is 0. The molecule has 3 N–H and O–H groups in total. The maximum atomic E-state index is 12.7. The van der Waals surface area contributed by atoms with Gasteiger partial charge in [-0.2, -0.15) is 4.98 Å². The van der Waals surface area contributed by atoms with Gasteiger partial charge in [0, 0.05) is 0 Å². The molecule has 0 bridgehead atoms. The Morgan fingerprint density at radius 1 is 1.47 bits per heavy atom. The van der Waals surface area contributed by atoms with Gasteiger partial charge in [0.05, 0.1) is 6.20 Å². The fourth-order valence-electron chi connectivity index (χ4n) is 1.26. The summed E-state index contributed by atoms with van der Waals surface area (Å²) in [4.78, 5) is 7.76. The Morgan fingerprint density at radius 3 is 2.94 bits per heavy atom. The van der Waals surface area contributed by atoms with Crippen LogP contribution in [0.15, 0.2) is 22.9 Å². The van der Waals surface area contributed by atoms with Gasteiger partial charge >= 0.3 is 0 Å². The second kappa shape index (κ2) is 4.98. The van der Waals surface area contributed by atoms with E-state index < -0.39 is 11.9 Å². The Hall–Kier alpha value is -1.86.